The lowest BCUT2D eigenvalue weighted by Gasteiger charge is -2.46. The number of aliphatic hydroxyl groups excluding tert-OH is 1. The second-order valence-corrected chi connectivity index (χ2v) is 15.2. The molecule has 0 radical (unpaired) electrons. The molecule has 54 heavy (non-hydrogen) atoms. The summed E-state index contributed by atoms with van der Waals surface area (Å²) in [5.41, 5.74) is 6.49. The molecule has 1 aliphatic carbocycles. The summed E-state index contributed by atoms with van der Waals surface area (Å²) >= 11 is 0. The van der Waals surface area contributed by atoms with Crippen LogP contribution in [-0.2, 0) is 32.0 Å². The standard InChI is InChI=1S/C41H53N7O6/c1-26(2)22-45-38(51)19-36(50)35(18-29-12-8-5-9-13-29)47-40(53)41(20-31-23-44-25-46-31,33-24-54-37-15-14-30(21-42)16-32(33)37)48(27(3)49)39(52)34(43)17-28-10-6-4-7-11-28/h4,6-7,10-11,14-16,23,25-26,29,33-36,50H,5,8-9,12-13,17-20,22,24,43H2,1-3H3,(H,44,46)(H,45,51)(H,47,53)/t33?,34-,35-,36-,41-/m0/s1. The van der Waals surface area contributed by atoms with Crippen LogP contribution in [0, 0.1) is 23.2 Å². The Bertz CT molecular complexity index is 1790. The maximum absolute atomic E-state index is 15.6. The normalized spacial score (nSPS) is 18.3. The fourth-order valence-corrected chi connectivity index (χ4v) is 7.91. The number of carbonyl (C=O) groups excluding carboxylic acids is 4. The minimum Gasteiger partial charge on any atom is -0.493 e. The molecule has 0 bridgehead atoms. The topological polar surface area (TPSA) is 204 Å². The lowest BCUT2D eigenvalue weighted by atomic mass is 9.73. The van der Waals surface area contributed by atoms with Crippen LogP contribution in [0.5, 0.6) is 5.75 Å². The zero-order valence-corrected chi connectivity index (χ0v) is 31.4. The first-order valence-electron chi connectivity index (χ1n) is 19.0. The minimum atomic E-state index is -2.05. The van der Waals surface area contributed by atoms with Crippen molar-refractivity contribution >= 4 is 23.6 Å². The summed E-state index contributed by atoms with van der Waals surface area (Å²) in [4.78, 5) is 65.7. The molecule has 4 amide bonds. The monoisotopic (exact) mass is 739 g/mol. The molecule has 1 unspecified atom stereocenters. The number of amides is 4. The van der Waals surface area contributed by atoms with Crippen LogP contribution in [0.25, 0.3) is 0 Å². The first kappa shape index (κ1) is 40.1. The van der Waals surface area contributed by atoms with Crippen molar-refractivity contribution in [3.63, 3.8) is 0 Å². The fourth-order valence-electron chi connectivity index (χ4n) is 7.91. The minimum absolute atomic E-state index is 0.0917. The summed E-state index contributed by atoms with van der Waals surface area (Å²) in [6, 6.07) is 14.0. The third-order valence-corrected chi connectivity index (χ3v) is 10.6. The highest BCUT2D eigenvalue weighted by molar-refractivity contribution is 6.04. The molecule has 3 aromatic rings. The van der Waals surface area contributed by atoms with Crippen LogP contribution in [0.4, 0.5) is 0 Å². The number of ether oxygens (including phenoxy) is 1. The van der Waals surface area contributed by atoms with Crippen LogP contribution < -0.4 is 21.1 Å². The van der Waals surface area contributed by atoms with E-state index in [0.717, 1.165) is 42.6 Å². The summed E-state index contributed by atoms with van der Waals surface area (Å²) in [5.74, 6) is -2.77. The van der Waals surface area contributed by atoms with Gasteiger partial charge in [0.15, 0.2) is 0 Å². The molecule has 5 atom stereocenters. The molecule has 288 valence electrons. The Hall–Kier alpha value is -5.06. The van der Waals surface area contributed by atoms with E-state index in [9.17, 15) is 24.8 Å². The number of aromatic nitrogens is 2. The van der Waals surface area contributed by atoms with Crippen molar-refractivity contribution in [1.82, 2.24) is 25.5 Å². The van der Waals surface area contributed by atoms with Crippen molar-refractivity contribution in [1.29, 1.82) is 5.26 Å². The predicted octanol–water partition coefficient (Wildman–Crippen LogP) is 3.66. The Labute approximate surface area is 317 Å². The zero-order valence-electron chi connectivity index (χ0n) is 31.4. The van der Waals surface area contributed by atoms with Crippen molar-refractivity contribution in [2.24, 2.45) is 17.6 Å². The number of imidazole rings is 1. The number of fused-ring (bicyclic) bond motifs is 1. The lowest BCUT2D eigenvalue weighted by Crippen LogP contribution is -2.70. The first-order valence-corrected chi connectivity index (χ1v) is 19.0. The van der Waals surface area contributed by atoms with Gasteiger partial charge in [0.05, 0.1) is 60.8 Å². The molecular formula is C41H53N7O6. The van der Waals surface area contributed by atoms with Crippen molar-refractivity contribution in [2.75, 3.05) is 13.2 Å². The molecule has 1 fully saturated rings. The summed E-state index contributed by atoms with van der Waals surface area (Å²) in [5, 5.41) is 27.5. The number of rotatable bonds is 16. The van der Waals surface area contributed by atoms with Gasteiger partial charge in [0.25, 0.3) is 0 Å². The predicted molar refractivity (Wildman–Crippen MR) is 202 cm³/mol. The molecule has 2 aliphatic rings. The number of aromatic amines is 1. The Morgan fingerprint density at radius 3 is 2.52 bits per heavy atom. The van der Waals surface area contributed by atoms with E-state index in [1.165, 1.54) is 13.3 Å². The van der Waals surface area contributed by atoms with Crippen LogP contribution in [-0.4, -0.2) is 80.5 Å². The van der Waals surface area contributed by atoms with Gasteiger partial charge in [-0.2, -0.15) is 5.26 Å². The highest BCUT2D eigenvalue weighted by Crippen LogP contribution is 2.46. The van der Waals surface area contributed by atoms with E-state index in [2.05, 4.69) is 26.7 Å². The van der Waals surface area contributed by atoms with Crippen molar-refractivity contribution in [3.8, 4) is 11.8 Å². The maximum atomic E-state index is 15.6. The van der Waals surface area contributed by atoms with Gasteiger partial charge in [-0.3, -0.25) is 24.1 Å². The van der Waals surface area contributed by atoms with Crippen LogP contribution in [0.1, 0.15) is 94.0 Å². The number of benzene rings is 2. The van der Waals surface area contributed by atoms with E-state index in [1.54, 1.807) is 24.4 Å². The van der Waals surface area contributed by atoms with Crippen molar-refractivity contribution in [3.05, 3.63) is 83.4 Å². The molecule has 5 rings (SSSR count). The highest BCUT2D eigenvalue weighted by atomic mass is 16.5. The molecular weight excluding hydrogens is 686 g/mol. The number of carbonyl (C=O) groups is 4. The van der Waals surface area contributed by atoms with Crippen LogP contribution in [0.15, 0.2) is 61.1 Å². The number of nitrogens with zero attached hydrogens (tertiary/aromatic N) is 3. The Morgan fingerprint density at radius 1 is 1.13 bits per heavy atom. The summed E-state index contributed by atoms with van der Waals surface area (Å²) < 4.78 is 6.12. The number of hydrogen-bond acceptors (Lipinski definition) is 9. The molecule has 1 saturated carbocycles. The molecule has 0 saturated heterocycles. The third-order valence-electron chi connectivity index (χ3n) is 10.6. The molecule has 2 aromatic carbocycles. The summed E-state index contributed by atoms with van der Waals surface area (Å²) in [6.07, 6.45) is 6.69. The zero-order chi connectivity index (χ0) is 38.8. The lowest BCUT2D eigenvalue weighted by molar-refractivity contribution is -0.161. The van der Waals surface area contributed by atoms with Crippen LogP contribution in [0.3, 0.4) is 0 Å². The Balaban J connectivity index is 1.64. The van der Waals surface area contributed by atoms with E-state index in [-0.39, 0.29) is 43.6 Å². The summed E-state index contributed by atoms with van der Waals surface area (Å²) in [6.45, 7) is 5.48. The van der Waals surface area contributed by atoms with Crippen LogP contribution in [0.2, 0.25) is 0 Å². The second kappa shape index (κ2) is 18.3. The molecule has 13 nitrogen and oxygen atoms in total. The molecule has 13 heteroatoms. The number of H-pyrrole nitrogens is 1. The Kier molecular flexibility index (Phi) is 13.6. The number of nitrogens with two attached hydrogens (primary N) is 1. The first-order chi connectivity index (χ1) is 25.9. The van der Waals surface area contributed by atoms with Gasteiger partial charge in [-0.1, -0.05) is 76.3 Å². The van der Waals surface area contributed by atoms with Gasteiger partial charge < -0.3 is 31.2 Å². The molecule has 6 N–H and O–H groups in total. The quantitative estimate of drug-likeness (QED) is 0.145. The number of nitrogens with one attached hydrogen (secondary N) is 3. The second-order valence-electron chi connectivity index (χ2n) is 15.2. The fraction of sp³-hybridized carbons (Fsp3) is 0.512. The van der Waals surface area contributed by atoms with E-state index in [0.29, 0.717) is 35.5 Å². The van der Waals surface area contributed by atoms with Gasteiger partial charge in [-0.25, -0.2) is 4.98 Å². The average molecular weight is 740 g/mol. The van der Waals surface area contributed by atoms with Crippen molar-refractivity contribution < 1.29 is 29.0 Å². The number of imide groups is 1. The average Bonchev–Trinajstić information content (AvgIpc) is 3.84. The number of nitriles is 1. The summed E-state index contributed by atoms with van der Waals surface area (Å²) in [7, 11) is 0. The highest BCUT2D eigenvalue weighted by Gasteiger charge is 2.58. The van der Waals surface area contributed by atoms with Gasteiger partial charge >= 0.3 is 0 Å². The SMILES string of the molecule is CC(=O)N(C(=O)[C@@H](N)Cc1ccccc1)[C@](Cc1c[nH]cn1)(C(=O)N[C@@H](CC1CCCCC1)[C@@H](O)CC(=O)NCC(C)C)C1COc2ccc(C#N)cc21. The van der Waals surface area contributed by atoms with Crippen LogP contribution >= 0.6 is 0 Å². The number of hydrogen-bond donors (Lipinski definition) is 5. The van der Waals surface area contributed by atoms with E-state index < -0.39 is 47.4 Å². The largest absolute Gasteiger partial charge is 0.493 e. The Morgan fingerprint density at radius 2 is 1.87 bits per heavy atom. The molecule has 2 heterocycles. The van der Waals surface area contributed by atoms with Gasteiger partial charge in [0.2, 0.25) is 23.6 Å². The van der Waals surface area contributed by atoms with E-state index >= 15 is 4.79 Å². The molecule has 1 aliphatic heterocycles. The molecule has 1 aromatic heterocycles. The number of aliphatic hydroxyl groups is 1. The van der Waals surface area contributed by atoms with Gasteiger partial charge in [0, 0.05) is 31.6 Å². The van der Waals surface area contributed by atoms with E-state index in [4.69, 9.17) is 10.5 Å². The van der Waals surface area contributed by atoms with Crippen molar-refractivity contribution in [2.45, 2.75) is 108 Å². The van der Waals surface area contributed by atoms with E-state index in [1.807, 2.05) is 44.2 Å². The van der Waals surface area contributed by atoms with Gasteiger partial charge in [-0.05, 0) is 48.4 Å². The smallest absolute Gasteiger partial charge is 0.247 e. The van der Waals surface area contributed by atoms with Gasteiger partial charge in [-0.15, -0.1) is 0 Å². The maximum Gasteiger partial charge on any atom is 0.247 e. The third kappa shape index (κ3) is 9.53. The molecule has 0 spiro atoms. The van der Waals surface area contributed by atoms with Gasteiger partial charge in [0.1, 0.15) is 11.3 Å².